The van der Waals surface area contributed by atoms with Crippen LogP contribution < -0.4 is 10.6 Å². The Hall–Kier alpha value is -1.94. The number of nitrogens with two attached hydrogens (primary N) is 1. The lowest BCUT2D eigenvalue weighted by Crippen LogP contribution is -2.19. The van der Waals surface area contributed by atoms with Gasteiger partial charge in [-0.25, -0.2) is 8.78 Å². The van der Waals surface area contributed by atoms with E-state index in [1.54, 1.807) is 11.9 Å². The maximum Gasteiger partial charge on any atom is 0.149 e. The van der Waals surface area contributed by atoms with Crippen LogP contribution in [0.4, 0.5) is 14.5 Å². The van der Waals surface area contributed by atoms with Crippen molar-refractivity contribution in [3.8, 4) is 0 Å². The number of halogens is 2. The highest BCUT2D eigenvalue weighted by atomic mass is 19.1. The van der Waals surface area contributed by atoms with Crippen molar-refractivity contribution in [2.45, 2.75) is 26.4 Å². The van der Waals surface area contributed by atoms with Gasteiger partial charge in [0.15, 0.2) is 0 Å². The van der Waals surface area contributed by atoms with Gasteiger partial charge in [-0.3, -0.25) is 0 Å². The molecule has 2 aromatic rings. The summed E-state index contributed by atoms with van der Waals surface area (Å²) < 4.78 is 28.1. The summed E-state index contributed by atoms with van der Waals surface area (Å²) in [5.41, 5.74) is 8.10. The molecule has 0 bridgehead atoms. The molecule has 0 amide bonds. The molecule has 0 unspecified atom stereocenters. The first-order valence-electron chi connectivity index (χ1n) is 7.02. The Labute approximate surface area is 124 Å². The molecule has 112 valence electrons. The van der Waals surface area contributed by atoms with Gasteiger partial charge in [0, 0.05) is 20.1 Å². The first-order chi connectivity index (χ1) is 10.0. The SMILES string of the molecule is CCc1ccc(CN(C)c2c(F)cc(CN)cc2F)cc1. The van der Waals surface area contributed by atoms with Crippen LogP contribution in [-0.4, -0.2) is 7.05 Å². The lowest BCUT2D eigenvalue weighted by molar-refractivity contribution is 0.573. The second-order valence-corrected chi connectivity index (χ2v) is 5.14. The summed E-state index contributed by atoms with van der Waals surface area (Å²) in [6.07, 6.45) is 0.972. The molecule has 0 saturated heterocycles. The molecule has 0 atom stereocenters. The normalized spacial score (nSPS) is 10.7. The molecule has 0 fully saturated rings. The maximum atomic E-state index is 14.0. The number of aryl methyl sites for hydroxylation is 1. The Morgan fingerprint density at radius 1 is 0.952 bits per heavy atom. The number of rotatable bonds is 5. The fraction of sp³-hybridized carbons (Fsp3) is 0.294. The van der Waals surface area contributed by atoms with Crippen molar-refractivity contribution in [1.82, 2.24) is 0 Å². The minimum absolute atomic E-state index is 0.0215. The summed E-state index contributed by atoms with van der Waals surface area (Å²) in [4.78, 5) is 1.58. The maximum absolute atomic E-state index is 14.0. The van der Waals surface area contributed by atoms with Crippen LogP contribution in [0.3, 0.4) is 0 Å². The smallest absolute Gasteiger partial charge is 0.149 e. The molecule has 4 heteroatoms. The number of nitrogens with zero attached hydrogens (tertiary/aromatic N) is 1. The Kier molecular flexibility index (Phi) is 4.91. The molecule has 2 rings (SSSR count). The van der Waals surface area contributed by atoms with Crippen molar-refractivity contribution < 1.29 is 8.78 Å². The summed E-state index contributed by atoms with van der Waals surface area (Å²) in [7, 11) is 1.68. The zero-order chi connectivity index (χ0) is 15.4. The second kappa shape index (κ2) is 6.68. The topological polar surface area (TPSA) is 29.3 Å². The number of hydrogen-bond acceptors (Lipinski definition) is 2. The van der Waals surface area contributed by atoms with Crippen molar-refractivity contribution in [2.75, 3.05) is 11.9 Å². The van der Waals surface area contributed by atoms with Gasteiger partial charge >= 0.3 is 0 Å². The van der Waals surface area contributed by atoms with Crippen LogP contribution in [-0.2, 0) is 19.5 Å². The summed E-state index contributed by atoms with van der Waals surface area (Å²) in [6, 6.07) is 10.6. The summed E-state index contributed by atoms with van der Waals surface area (Å²) in [6.45, 7) is 2.65. The third-order valence-electron chi connectivity index (χ3n) is 3.55. The Balaban J connectivity index is 2.21. The van der Waals surface area contributed by atoms with E-state index in [1.165, 1.54) is 17.7 Å². The van der Waals surface area contributed by atoms with Gasteiger partial charge in [-0.2, -0.15) is 0 Å². The molecule has 0 aliphatic carbocycles. The molecule has 0 spiro atoms. The van der Waals surface area contributed by atoms with Crippen LogP contribution in [0.1, 0.15) is 23.6 Å². The van der Waals surface area contributed by atoms with Crippen LogP contribution in [0.25, 0.3) is 0 Å². The van der Waals surface area contributed by atoms with Crippen molar-refractivity contribution in [1.29, 1.82) is 0 Å². The minimum Gasteiger partial charge on any atom is -0.366 e. The summed E-state index contributed by atoms with van der Waals surface area (Å²) >= 11 is 0. The van der Waals surface area contributed by atoms with Gasteiger partial charge in [-0.05, 0) is 35.2 Å². The molecule has 2 N–H and O–H groups in total. The van der Waals surface area contributed by atoms with Crippen LogP contribution >= 0.6 is 0 Å². The van der Waals surface area contributed by atoms with Gasteiger partial charge in [0.2, 0.25) is 0 Å². The fourth-order valence-corrected chi connectivity index (χ4v) is 2.33. The highest BCUT2D eigenvalue weighted by molar-refractivity contribution is 5.50. The minimum atomic E-state index is -0.580. The molecule has 2 aromatic carbocycles. The average molecular weight is 290 g/mol. The highest BCUT2D eigenvalue weighted by Crippen LogP contribution is 2.25. The van der Waals surface area contributed by atoms with E-state index in [-0.39, 0.29) is 12.2 Å². The van der Waals surface area contributed by atoms with Crippen LogP contribution in [0, 0.1) is 11.6 Å². The standard InChI is InChI=1S/C17H20F2N2/c1-3-12-4-6-13(7-5-12)11-21(2)17-15(18)8-14(10-20)9-16(17)19/h4-9H,3,10-11,20H2,1-2H3. The average Bonchev–Trinajstić information content (AvgIpc) is 2.47. The van der Waals surface area contributed by atoms with Crippen LogP contribution in [0.15, 0.2) is 36.4 Å². The Morgan fingerprint density at radius 2 is 1.48 bits per heavy atom. The zero-order valence-electron chi connectivity index (χ0n) is 12.4. The van der Waals surface area contributed by atoms with Crippen molar-refractivity contribution in [3.05, 3.63) is 64.7 Å². The number of benzene rings is 2. The van der Waals surface area contributed by atoms with E-state index < -0.39 is 11.6 Å². The van der Waals surface area contributed by atoms with E-state index in [9.17, 15) is 8.78 Å². The van der Waals surface area contributed by atoms with E-state index in [1.807, 2.05) is 24.3 Å². The van der Waals surface area contributed by atoms with Gasteiger partial charge in [-0.1, -0.05) is 31.2 Å². The molecule has 0 aliphatic heterocycles. The molecule has 2 nitrogen and oxygen atoms in total. The van der Waals surface area contributed by atoms with Crippen molar-refractivity contribution >= 4 is 5.69 Å². The lowest BCUT2D eigenvalue weighted by atomic mass is 10.1. The van der Waals surface area contributed by atoms with Gasteiger partial charge in [0.25, 0.3) is 0 Å². The summed E-state index contributed by atoms with van der Waals surface area (Å²) in [5.74, 6) is -1.16. The van der Waals surface area contributed by atoms with Gasteiger partial charge < -0.3 is 10.6 Å². The zero-order valence-corrected chi connectivity index (χ0v) is 12.4. The van der Waals surface area contributed by atoms with Crippen molar-refractivity contribution in [2.24, 2.45) is 5.73 Å². The van der Waals surface area contributed by atoms with Gasteiger partial charge in [0.05, 0.1) is 0 Å². The van der Waals surface area contributed by atoms with Crippen molar-refractivity contribution in [3.63, 3.8) is 0 Å². The third-order valence-corrected chi connectivity index (χ3v) is 3.55. The molecule has 0 heterocycles. The molecule has 0 saturated carbocycles. The number of anilines is 1. The first-order valence-corrected chi connectivity index (χ1v) is 7.02. The largest absolute Gasteiger partial charge is 0.366 e. The van der Waals surface area contributed by atoms with E-state index in [2.05, 4.69) is 6.92 Å². The van der Waals surface area contributed by atoms with Gasteiger partial charge in [0.1, 0.15) is 17.3 Å². The molecular weight excluding hydrogens is 270 g/mol. The van der Waals surface area contributed by atoms with Crippen LogP contribution in [0.2, 0.25) is 0 Å². The predicted octanol–water partition coefficient (Wildman–Crippen LogP) is 3.62. The molecule has 0 radical (unpaired) electrons. The van der Waals surface area contributed by atoms with E-state index in [0.717, 1.165) is 12.0 Å². The van der Waals surface area contributed by atoms with Gasteiger partial charge in [-0.15, -0.1) is 0 Å². The summed E-state index contributed by atoms with van der Waals surface area (Å²) in [5, 5.41) is 0. The fourth-order valence-electron chi connectivity index (χ4n) is 2.33. The highest BCUT2D eigenvalue weighted by Gasteiger charge is 2.15. The second-order valence-electron chi connectivity index (χ2n) is 5.14. The third kappa shape index (κ3) is 3.58. The predicted molar refractivity (Wildman–Crippen MR) is 82.2 cm³/mol. The Bertz CT molecular complexity index is 586. The van der Waals surface area contributed by atoms with E-state index >= 15 is 0 Å². The van der Waals surface area contributed by atoms with Crippen LogP contribution in [0.5, 0.6) is 0 Å². The lowest BCUT2D eigenvalue weighted by Gasteiger charge is -2.21. The molecule has 21 heavy (non-hydrogen) atoms. The quantitative estimate of drug-likeness (QED) is 0.911. The Morgan fingerprint density at radius 3 is 1.95 bits per heavy atom. The molecule has 0 aliphatic rings. The molecule has 0 aromatic heterocycles. The molecular formula is C17H20F2N2. The van der Waals surface area contributed by atoms with E-state index in [0.29, 0.717) is 12.1 Å². The first kappa shape index (κ1) is 15.4. The number of hydrogen-bond donors (Lipinski definition) is 1. The monoisotopic (exact) mass is 290 g/mol. The van der Waals surface area contributed by atoms with E-state index in [4.69, 9.17) is 5.73 Å².